The molecule has 96 valence electrons. The van der Waals surface area contributed by atoms with Gasteiger partial charge in [-0.1, -0.05) is 24.0 Å². The van der Waals surface area contributed by atoms with Gasteiger partial charge < -0.3 is 5.11 Å². The second-order valence-corrected chi connectivity index (χ2v) is 4.19. The Morgan fingerprint density at radius 2 is 2.21 bits per heavy atom. The molecule has 0 fully saturated rings. The SMILES string of the molecule is Cc1cnn(Cc2cccc(C#CCO)c2)c(=O)c1. The second-order valence-electron chi connectivity index (χ2n) is 4.19. The van der Waals surface area contributed by atoms with Crippen molar-refractivity contribution in [3.05, 3.63) is 63.6 Å². The zero-order valence-electron chi connectivity index (χ0n) is 10.6. The van der Waals surface area contributed by atoms with E-state index in [0.29, 0.717) is 6.54 Å². The molecule has 0 saturated heterocycles. The first-order chi connectivity index (χ1) is 9.19. The Hall–Kier alpha value is -2.38. The van der Waals surface area contributed by atoms with Gasteiger partial charge in [-0.05, 0) is 30.2 Å². The average Bonchev–Trinajstić information content (AvgIpc) is 2.40. The number of hydrogen-bond donors (Lipinski definition) is 1. The molecular formula is C15H14N2O2. The van der Waals surface area contributed by atoms with Crippen LogP contribution in [0.15, 0.2) is 41.3 Å². The third kappa shape index (κ3) is 3.54. The van der Waals surface area contributed by atoms with E-state index in [2.05, 4.69) is 16.9 Å². The Balaban J connectivity index is 2.26. The maximum atomic E-state index is 11.7. The molecule has 4 nitrogen and oxygen atoms in total. The molecule has 2 rings (SSSR count). The summed E-state index contributed by atoms with van der Waals surface area (Å²) < 4.78 is 1.41. The second kappa shape index (κ2) is 5.98. The lowest BCUT2D eigenvalue weighted by Crippen LogP contribution is -2.22. The van der Waals surface area contributed by atoms with Crippen LogP contribution in [0.2, 0.25) is 0 Å². The smallest absolute Gasteiger partial charge is 0.267 e. The van der Waals surface area contributed by atoms with Crippen LogP contribution in [0.25, 0.3) is 0 Å². The minimum absolute atomic E-state index is 0.119. The summed E-state index contributed by atoms with van der Waals surface area (Å²) in [6.07, 6.45) is 1.66. The van der Waals surface area contributed by atoms with E-state index >= 15 is 0 Å². The van der Waals surface area contributed by atoms with Gasteiger partial charge in [0.15, 0.2) is 0 Å². The third-order valence-corrected chi connectivity index (χ3v) is 2.58. The highest BCUT2D eigenvalue weighted by molar-refractivity contribution is 5.37. The lowest BCUT2D eigenvalue weighted by molar-refractivity contribution is 0.350. The number of nitrogens with zero attached hydrogens (tertiary/aromatic N) is 2. The monoisotopic (exact) mass is 254 g/mol. The van der Waals surface area contributed by atoms with Gasteiger partial charge in [0.05, 0.1) is 12.7 Å². The minimum atomic E-state index is -0.163. The molecular weight excluding hydrogens is 240 g/mol. The Labute approximate surface area is 111 Å². The molecule has 0 aliphatic carbocycles. The van der Waals surface area contributed by atoms with Crippen molar-refractivity contribution in [2.45, 2.75) is 13.5 Å². The maximum absolute atomic E-state index is 11.7. The van der Waals surface area contributed by atoms with Crippen molar-refractivity contribution in [2.24, 2.45) is 0 Å². The molecule has 19 heavy (non-hydrogen) atoms. The molecule has 0 amide bonds. The summed E-state index contributed by atoms with van der Waals surface area (Å²) in [4.78, 5) is 11.7. The number of aromatic nitrogens is 2. The summed E-state index contributed by atoms with van der Waals surface area (Å²) in [5, 5.41) is 12.8. The molecule has 0 aliphatic rings. The van der Waals surface area contributed by atoms with Crippen LogP contribution in [0.5, 0.6) is 0 Å². The fraction of sp³-hybridized carbons (Fsp3) is 0.200. The summed E-state index contributed by atoms with van der Waals surface area (Å²) in [6.45, 7) is 2.08. The molecule has 1 heterocycles. The van der Waals surface area contributed by atoms with Gasteiger partial charge in [-0.25, -0.2) is 4.68 Å². The van der Waals surface area contributed by atoms with Crippen LogP contribution in [-0.2, 0) is 6.54 Å². The Morgan fingerprint density at radius 3 is 2.95 bits per heavy atom. The van der Waals surface area contributed by atoms with Crippen molar-refractivity contribution in [2.75, 3.05) is 6.61 Å². The number of rotatable bonds is 2. The first-order valence-electron chi connectivity index (χ1n) is 5.91. The highest BCUT2D eigenvalue weighted by Gasteiger charge is 2.00. The number of aliphatic hydroxyl groups excluding tert-OH is 1. The minimum Gasteiger partial charge on any atom is -0.384 e. The molecule has 0 aliphatic heterocycles. The zero-order chi connectivity index (χ0) is 13.7. The molecule has 0 bridgehead atoms. The van der Waals surface area contributed by atoms with Crippen LogP contribution in [0.1, 0.15) is 16.7 Å². The van der Waals surface area contributed by atoms with E-state index in [-0.39, 0.29) is 12.2 Å². The summed E-state index contributed by atoms with van der Waals surface area (Å²) in [7, 11) is 0. The fourth-order valence-corrected chi connectivity index (χ4v) is 1.70. The Kier molecular flexibility index (Phi) is 4.11. The predicted octanol–water partition coefficient (Wildman–Crippen LogP) is 0.944. The lowest BCUT2D eigenvalue weighted by atomic mass is 10.1. The van der Waals surface area contributed by atoms with Crippen LogP contribution in [0.3, 0.4) is 0 Å². The van der Waals surface area contributed by atoms with Gasteiger partial charge >= 0.3 is 0 Å². The van der Waals surface area contributed by atoms with Gasteiger partial charge in [-0.15, -0.1) is 0 Å². The first-order valence-corrected chi connectivity index (χ1v) is 5.91. The zero-order valence-corrected chi connectivity index (χ0v) is 10.6. The van der Waals surface area contributed by atoms with Gasteiger partial charge in [0, 0.05) is 11.6 Å². The molecule has 0 spiro atoms. The van der Waals surface area contributed by atoms with Gasteiger partial charge in [0.1, 0.15) is 6.61 Å². The molecule has 0 unspecified atom stereocenters. The quantitative estimate of drug-likeness (QED) is 0.812. The molecule has 0 saturated carbocycles. The number of aryl methyl sites for hydroxylation is 1. The largest absolute Gasteiger partial charge is 0.384 e. The van der Waals surface area contributed by atoms with E-state index in [1.807, 2.05) is 31.2 Å². The fourth-order valence-electron chi connectivity index (χ4n) is 1.70. The topological polar surface area (TPSA) is 55.1 Å². The van der Waals surface area contributed by atoms with Crippen molar-refractivity contribution >= 4 is 0 Å². The standard InChI is InChI=1S/C15H14N2O2/c1-12-8-15(19)17(16-10-12)11-14-5-2-4-13(9-14)6-3-7-18/h2,4-5,8-10,18H,7,11H2,1H3. The van der Waals surface area contributed by atoms with Crippen LogP contribution in [0.4, 0.5) is 0 Å². The molecule has 2 aromatic rings. The van der Waals surface area contributed by atoms with Crippen molar-refractivity contribution < 1.29 is 5.11 Å². The molecule has 4 heteroatoms. The van der Waals surface area contributed by atoms with Crippen molar-refractivity contribution in [3.8, 4) is 11.8 Å². The van der Waals surface area contributed by atoms with E-state index in [1.165, 1.54) is 4.68 Å². The summed E-state index contributed by atoms with van der Waals surface area (Å²) >= 11 is 0. The Bertz CT molecular complexity index is 693. The summed E-state index contributed by atoms with van der Waals surface area (Å²) in [6, 6.07) is 9.09. The van der Waals surface area contributed by atoms with E-state index in [4.69, 9.17) is 5.11 Å². The van der Waals surface area contributed by atoms with E-state index < -0.39 is 0 Å². The predicted molar refractivity (Wildman–Crippen MR) is 72.7 cm³/mol. The number of benzene rings is 1. The highest BCUT2D eigenvalue weighted by atomic mass is 16.2. The van der Waals surface area contributed by atoms with Crippen LogP contribution >= 0.6 is 0 Å². The van der Waals surface area contributed by atoms with Crippen LogP contribution in [-0.4, -0.2) is 21.5 Å². The Morgan fingerprint density at radius 1 is 1.37 bits per heavy atom. The van der Waals surface area contributed by atoms with Crippen LogP contribution < -0.4 is 5.56 Å². The molecule has 0 radical (unpaired) electrons. The number of hydrogen-bond acceptors (Lipinski definition) is 3. The molecule has 1 aromatic carbocycles. The van der Waals surface area contributed by atoms with Gasteiger partial charge in [-0.3, -0.25) is 4.79 Å². The van der Waals surface area contributed by atoms with Gasteiger partial charge in [0.25, 0.3) is 5.56 Å². The normalized spacial score (nSPS) is 9.79. The summed E-state index contributed by atoms with van der Waals surface area (Å²) in [5.41, 5.74) is 2.49. The van der Waals surface area contributed by atoms with Crippen molar-refractivity contribution in [1.82, 2.24) is 9.78 Å². The first kappa shape index (κ1) is 13.1. The highest BCUT2D eigenvalue weighted by Crippen LogP contribution is 2.05. The van der Waals surface area contributed by atoms with Crippen molar-refractivity contribution in [3.63, 3.8) is 0 Å². The molecule has 1 aromatic heterocycles. The van der Waals surface area contributed by atoms with Crippen molar-refractivity contribution in [1.29, 1.82) is 0 Å². The van der Waals surface area contributed by atoms with E-state index in [9.17, 15) is 4.79 Å². The van der Waals surface area contributed by atoms with Gasteiger partial charge in [-0.2, -0.15) is 5.10 Å². The van der Waals surface area contributed by atoms with Crippen LogP contribution in [0, 0.1) is 18.8 Å². The number of aliphatic hydroxyl groups is 1. The molecule has 0 atom stereocenters. The van der Waals surface area contributed by atoms with E-state index in [1.54, 1.807) is 12.3 Å². The maximum Gasteiger partial charge on any atom is 0.267 e. The van der Waals surface area contributed by atoms with E-state index in [0.717, 1.165) is 16.7 Å². The van der Waals surface area contributed by atoms with Gasteiger partial charge in [0.2, 0.25) is 0 Å². The summed E-state index contributed by atoms with van der Waals surface area (Å²) in [5.74, 6) is 5.43. The average molecular weight is 254 g/mol. The third-order valence-electron chi connectivity index (χ3n) is 2.58. The lowest BCUT2D eigenvalue weighted by Gasteiger charge is -2.05. The molecule has 1 N–H and O–H groups in total.